The number of hydrogen-bond acceptors (Lipinski definition) is 5. The zero-order valence-electron chi connectivity index (χ0n) is 13.0. The van der Waals surface area contributed by atoms with Gasteiger partial charge in [0.2, 0.25) is 11.8 Å². The van der Waals surface area contributed by atoms with Crippen molar-refractivity contribution in [2.24, 2.45) is 0 Å². The van der Waals surface area contributed by atoms with Crippen molar-refractivity contribution in [1.82, 2.24) is 4.90 Å². The average molecular weight is 387 g/mol. The van der Waals surface area contributed by atoms with E-state index < -0.39 is 10.5 Å². The minimum absolute atomic E-state index is 0.0918. The Morgan fingerprint density at radius 2 is 1.68 bits per heavy atom. The van der Waals surface area contributed by atoms with Crippen LogP contribution in [0.15, 0.2) is 59.5 Å². The summed E-state index contributed by atoms with van der Waals surface area (Å²) >= 11 is 8.16. The van der Waals surface area contributed by atoms with Crippen molar-refractivity contribution in [3.05, 3.63) is 60.2 Å². The molecule has 2 aliphatic rings. The highest BCUT2D eigenvalue weighted by atomic mass is 32.2. The Labute approximate surface area is 159 Å². The van der Waals surface area contributed by atoms with Crippen LogP contribution in [-0.4, -0.2) is 31.5 Å². The Morgan fingerprint density at radius 3 is 2.48 bits per heavy atom. The molecular formula is C18H14N2O2S3. The van der Waals surface area contributed by atoms with E-state index in [0.717, 1.165) is 16.1 Å². The van der Waals surface area contributed by atoms with E-state index >= 15 is 0 Å². The van der Waals surface area contributed by atoms with Gasteiger partial charge in [-0.05, 0) is 17.7 Å². The van der Waals surface area contributed by atoms with Crippen LogP contribution >= 0.6 is 35.7 Å². The number of amides is 2. The van der Waals surface area contributed by atoms with Gasteiger partial charge in [0, 0.05) is 4.90 Å². The summed E-state index contributed by atoms with van der Waals surface area (Å²) in [5, 5.41) is 1.93. The molecule has 0 radical (unpaired) electrons. The highest BCUT2D eigenvalue weighted by Gasteiger charge is 2.46. The number of rotatable bonds is 3. The summed E-state index contributed by atoms with van der Waals surface area (Å²) in [5.41, 5.74) is 1.82. The Bertz CT molecular complexity index is 856. The fourth-order valence-electron chi connectivity index (χ4n) is 2.83. The molecule has 0 saturated carbocycles. The van der Waals surface area contributed by atoms with Crippen molar-refractivity contribution < 1.29 is 9.59 Å². The normalized spacial score (nSPS) is 22.7. The van der Waals surface area contributed by atoms with Crippen molar-refractivity contribution in [2.75, 3.05) is 5.32 Å². The van der Waals surface area contributed by atoms with Crippen LogP contribution in [0.25, 0.3) is 0 Å². The van der Waals surface area contributed by atoms with Gasteiger partial charge in [0.1, 0.15) is 14.8 Å². The van der Waals surface area contributed by atoms with Gasteiger partial charge in [0.25, 0.3) is 0 Å². The van der Waals surface area contributed by atoms with E-state index in [1.165, 1.54) is 23.5 Å². The Hall–Kier alpha value is -1.83. The molecule has 2 aliphatic heterocycles. The number of thioether (sulfide) groups is 2. The van der Waals surface area contributed by atoms with Crippen LogP contribution in [0, 0.1) is 0 Å². The lowest BCUT2D eigenvalue weighted by Gasteiger charge is -2.26. The number of carbonyl (C=O) groups is 2. The van der Waals surface area contributed by atoms with Crippen LogP contribution in [-0.2, 0) is 16.1 Å². The predicted molar refractivity (Wildman–Crippen MR) is 106 cm³/mol. The first-order valence-corrected chi connectivity index (χ1v) is 9.93. The first-order chi connectivity index (χ1) is 12.1. The molecule has 1 saturated heterocycles. The molecule has 1 N–H and O–H groups in total. The zero-order chi connectivity index (χ0) is 17.4. The minimum Gasteiger partial charge on any atom is -0.324 e. The maximum absolute atomic E-state index is 12.9. The third-order valence-electron chi connectivity index (χ3n) is 4.07. The van der Waals surface area contributed by atoms with Gasteiger partial charge in [-0.3, -0.25) is 14.5 Å². The summed E-state index contributed by atoms with van der Waals surface area (Å²) in [5.74, 6) is -0.232. The Morgan fingerprint density at radius 1 is 0.960 bits per heavy atom. The largest absolute Gasteiger partial charge is 0.324 e. The SMILES string of the molecule is O=C1Nc2ccccc2S[C@@H]1[C@@H]1SC(=S)N(Cc2ccccc2)C1=O. The third-order valence-corrected chi connectivity index (χ3v) is 7.25. The molecule has 2 aromatic rings. The fraction of sp³-hybridized carbons (Fsp3) is 0.167. The van der Waals surface area contributed by atoms with Crippen LogP contribution in [0.3, 0.4) is 0 Å². The maximum Gasteiger partial charge on any atom is 0.243 e. The molecule has 0 spiro atoms. The number of hydrogen-bond donors (Lipinski definition) is 1. The number of nitrogens with zero attached hydrogens (tertiary/aromatic N) is 1. The topological polar surface area (TPSA) is 49.4 Å². The summed E-state index contributed by atoms with van der Waals surface area (Å²) in [6.07, 6.45) is 0. The Kier molecular flexibility index (Phi) is 4.54. The van der Waals surface area contributed by atoms with Crippen molar-refractivity contribution in [2.45, 2.75) is 21.9 Å². The van der Waals surface area contributed by atoms with E-state index in [-0.39, 0.29) is 11.8 Å². The van der Waals surface area contributed by atoms with Gasteiger partial charge in [-0.15, -0.1) is 11.8 Å². The molecule has 0 aliphatic carbocycles. The van der Waals surface area contributed by atoms with Gasteiger partial charge >= 0.3 is 0 Å². The van der Waals surface area contributed by atoms with Gasteiger partial charge in [-0.2, -0.15) is 0 Å². The molecule has 2 atom stereocenters. The standard InChI is InChI=1S/C18H14N2O2S3/c21-16-14(24-13-9-5-4-8-12(13)19-16)15-17(22)20(18(23)25-15)10-11-6-2-1-3-7-11/h1-9,14-15H,10H2,(H,19,21)/t14-,15+/m1/s1. The minimum atomic E-state index is -0.491. The molecule has 2 heterocycles. The van der Waals surface area contributed by atoms with Gasteiger partial charge < -0.3 is 5.32 Å². The van der Waals surface area contributed by atoms with E-state index in [1.807, 2.05) is 54.6 Å². The number of benzene rings is 2. The smallest absolute Gasteiger partial charge is 0.243 e. The van der Waals surface area contributed by atoms with Gasteiger partial charge in [-0.1, -0.05) is 66.4 Å². The molecule has 0 aromatic heterocycles. The zero-order valence-corrected chi connectivity index (χ0v) is 15.5. The molecule has 4 nitrogen and oxygen atoms in total. The second-order valence-corrected chi connectivity index (χ2v) is 8.70. The van der Waals surface area contributed by atoms with Crippen LogP contribution in [0.4, 0.5) is 5.69 Å². The van der Waals surface area contributed by atoms with Crippen LogP contribution < -0.4 is 5.32 Å². The van der Waals surface area contributed by atoms with Crippen LogP contribution in [0.5, 0.6) is 0 Å². The van der Waals surface area contributed by atoms with Crippen LogP contribution in [0.2, 0.25) is 0 Å². The molecule has 25 heavy (non-hydrogen) atoms. The molecule has 1 fully saturated rings. The van der Waals surface area contributed by atoms with Gasteiger partial charge in [0.05, 0.1) is 12.2 Å². The molecule has 4 rings (SSSR count). The highest BCUT2D eigenvalue weighted by Crippen LogP contribution is 2.43. The number of carbonyl (C=O) groups excluding carboxylic acids is 2. The molecule has 0 bridgehead atoms. The summed E-state index contributed by atoms with van der Waals surface area (Å²) in [4.78, 5) is 28.0. The first-order valence-electron chi connectivity index (χ1n) is 7.76. The molecule has 0 unspecified atom stereocenters. The average Bonchev–Trinajstić information content (AvgIpc) is 2.90. The van der Waals surface area contributed by atoms with E-state index in [2.05, 4.69) is 5.32 Å². The van der Waals surface area contributed by atoms with Crippen molar-refractivity contribution in [3.63, 3.8) is 0 Å². The lowest BCUT2D eigenvalue weighted by Crippen LogP contribution is -2.42. The van der Waals surface area contributed by atoms with Crippen molar-refractivity contribution in [3.8, 4) is 0 Å². The van der Waals surface area contributed by atoms with Gasteiger partial charge in [0.15, 0.2) is 0 Å². The second-order valence-electron chi connectivity index (χ2n) is 5.74. The lowest BCUT2D eigenvalue weighted by atomic mass is 10.2. The van der Waals surface area contributed by atoms with E-state index in [1.54, 1.807) is 4.90 Å². The molecule has 126 valence electrons. The summed E-state index contributed by atoms with van der Waals surface area (Å²) in [6, 6.07) is 17.4. The first kappa shape index (κ1) is 16.6. The number of nitrogens with one attached hydrogen (secondary N) is 1. The summed E-state index contributed by atoms with van der Waals surface area (Å²) in [6.45, 7) is 0.442. The van der Waals surface area contributed by atoms with E-state index in [0.29, 0.717) is 10.9 Å². The summed E-state index contributed by atoms with van der Waals surface area (Å²) in [7, 11) is 0. The number of fused-ring (bicyclic) bond motifs is 1. The van der Waals surface area contributed by atoms with Crippen molar-refractivity contribution in [1.29, 1.82) is 0 Å². The highest BCUT2D eigenvalue weighted by molar-refractivity contribution is 8.24. The maximum atomic E-state index is 12.9. The van der Waals surface area contributed by atoms with E-state index in [9.17, 15) is 9.59 Å². The molecule has 7 heteroatoms. The second kappa shape index (κ2) is 6.82. The predicted octanol–water partition coefficient (Wildman–Crippen LogP) is 3.53. The van der Waals surface area contributed by atoms with Crippen molar-refractivity contribution >= 4 is 57.6 Å². The fourth-order valence-corrected chi connectivity index (χ4v) is 5.69. The number of thiocarbonyl (C=S) groups is 1. The number of para-hydroxylation sites is 1. The van der Waals surface area contributed by atoms with Gasteiger partial charge in [-0.25, -0.2) is 0 Å². The summed E-state index contributed by atoms with van der Waals surface area (Å²) < 4.78 is 0.533. The van der Waals surface area contributed by atoms with Crippen LogP contribution in [0.1, 0.15) is 5.56 Å². The monoisotopic (exact) mass is 386 g/mol. The third kappa shape index (κ3) is 3.19. The molecular weight excluding hydrogens is 372 g/mol. The number of anilines is 1. The lowest BCUT2D eigenvalue weighted by molar-refractivity contribution is -0.128. The molecule has 2 amide bonds. The molecule has 2 aromatic carbocycles. The van der Waals surface area contributed by atoms with E-state index in [4.69, 9.17) is 12.2 Å². The Balaban J connectivity index is 1.55. The quantitative estimate of drug-likeness (QED) is 0.818.